The Hall–Kier alpha value is -4.50. The summed E-state index contributed by atoms with van der Waals surface area (Å²) in [6.45, 7) is 1.96. The maximum atomic E-state index is 6.19. The van der Waals surface area contributed by atoms with Gasteiger partial charge in [0.05, 0.1) is 41.8 Å². The molecule has 9 heteroatoms. The van der Waals surface area contributed by atoms with Crippen LogP contribution < -0.4 is 10.1 Å². The van der Waals surface area contributed by atoms with E-state index in [4.69, 9.17) is 9.15 Å². The molecule has 0 aromatic carbocycles. The van der Waals surface area contributed by atoms with Crippen LogP contribution in [0.3, 0.4) is 0 Å². The second-order valence-corrected chi connectivity index (χ2v) is 8.98. The first kappa shape index (κ1) is 20.8. The molecule has 1 aliphatic heterocycles. The van der Waals surface area contributed by atoms with Gasteiger partial charge in [0.1, 0.15) is 23.2 Å². The Bertz CT molecular complexity index is 1660. The summed E-state index contributed by atoms with van der Waals surface area (Å²) in [4.78, 5) is 17.0. The quantitative estimate of drug-likeness (QED) is 0.321. The lowest BCUT2D eigenvalue weighted by Crippen LogP contribution is -2.34. The van der Waals surface area contributed by atoms with Gasteiger partial charge in [0.2, 0.25) is 0 Å². The maximum Gasteiger partial charge on any atom is 0.138 e. The van der Waals surface area contributed by atoms with Crippen molar-refractivity contribution >= 4 is 21.9 Å². The van der Waals surface area contributed by atoms with E-state index in [1.807, 2.05) is 30.5 Å². The molecule has 1 aliphatic rings. The summed E-state index contributed by atoms with van der Waals surface area (Å²) in [5.74, 6) is 0.766. The highest BCUT2D eigenvalue weighted by Crippen LogP contribution is 2.34. The standard InChI is InChI=1S/C27H23N7O2/c1-5-28-6-2-18(1)36-19-9-17(12-29-13-19)23-11-22-25(14-31-23)33-34-26(22)24-10-21-20(16-4-8-35-15-16)3-7-30-27(21)32-24/h3-4,7-15,18,28H,1-2,5-6H2,(H,30,32)(H,33,34). The third-order valence-electron chi connectivity index (χ3n) is 6.66. The first-order valence-corrected chi connectivity index (χ1v) is 12.0. The number of hydrogen-bond donors (Lipinski definition) is 3. The van der Waals surface area contributed by atoms with Crippen LogP contribution in [-0.2, 0) is 0 Å². The average Bonchev–Trinajstić information content (AvgIpc) is 3.68. The fourth-order valence-electron chi connectivity index (χ4n) is 4.83. The van der Waals surface area contributed by atoms with Gasteiger partial charge in [-0.05, 0) is 61.8 Å². The van der Waals surface area contributed by atoms with Gasteiger partial charge in [-0.2, -0.15) is 5.10 Å². The van der Waals surface area contributed by atoms with Gasteiger partial charge in [0.15, 0.2) is 0 Å². The van der Waals surface area contributed by atoms with Crippen LogP contribution in [-0.4, -0.2) is 49.3 Å². The van der Waals surface area contributed by atoms with Crippen LogP contribution >= 0.6 is 0 Å². The number of piperidine rings is 1. The van der Waals surface area contributed by atoms with Crippen molar-refractivity contribution in [1.29, 1.82) is 0 Å². The monoisotopic (exact) mass is 477 g/mol. The van der Waals surface area contributed by atoms with Crippen LogP contribution in [0.5, 0.6) is 5.75 Å². The average molecular weight is 478 g/mol. The van der Waals surface area contributed by atoms with Crippen LogP contribution in [0.1, 0.15) is 12.8 Å². The maximum absolute atomic E-state index is 6.19. The molecular formula is C27H23N7O2. The third kappa shape index (κ3) is 3.70. The number of nitrogens with zero attached hydrogens (tertiary/aromatic N) is 4. The molecule has 0 radical (unpaired) electrons. The highest BCUT2D eigenvalue weighted by molar-refractivity contribution is 6.00. The molecule has 0 saturated carbocycles. The molecule has 1 fully saturated rings. The zero-order valence-electron chi connectivity index (χ0n) is 19.4. The van der Waals surface area contributed by atoms with Crippen LogP contribution in [0.4, 0.5) is 0 Å². The smallest absolute Gasteiger partial charge is 0.138 e. The first-order valence-electron chi connectivity index (χ1n) is 12.0. The Balaban J connectivity index is 1.26. The van der Waals surface area contributed by atoms with Gasteiger partial charge in [-0.3, -0.25) is 15.1 Å². The Morgan fingerprint density at radius 3 is 2.78 bits per heavy atom. The largest absolute Gasteiger partial charge is 0.489 e. The number of fused-ring (bicyclic) bond motifs is 2. The van der Waals surface area contributed by atoms with Crippen molar-refractivity contribution in [3.05, 3.63) is 67.6 Å². The molecule has 6 aromatic rings. The number of pyridine rings is 3. The van der Waals surface area contributed by atoms with Crippen LogP contribution in [0.25, 0.3) is 55.7 Å². The van der Waals surface area contributed by atoms with E-state index < -0.39 is 0 Å². The van der Waals surface area contributed by atoms with E-state index in [1.54, 1.807) is 31.1 Å². The molecule has 178 valence electrons. The summed E-state index contributed by atoms with van der Waals surface area (Å²) < 4.78 is 11.5. The second kappa shape index (κ2) is 8.62. The molecule has 3 N–H and O–H groups in total. The van der Waals surface area contributed by atoms with E-state index in [0.29, 0.717) is 0 Å². The molecule has 6 aromatic heterocycles. The van der Waals surface area contributed by atoms with Crippen LogP contribution in [0.15, 0.2) is 72.1 Å². The highest BCUT2D eigenvalue weighted by atomic mass is 16.5. The van der Waals surface area contributed by atoms with Crippen molar-refractivity contribution < 1.29 is 9.15 Å². The molecule has 0 bridgehead atoms. The minimum absolute atomic E-state index is 0.210. The Morgan fingerprint density at radius 2 is 1.89 bits per heavy atom. The summed E-state index contributed by atoms with van der Waals surface area (Å²) >= 11 is 0. The molecule has 0 aliphatic carbocycles. The first-order chi connectivity index (χ1) is 17.8. The Kier molecular flexibility index (Phi) is 4.99. The molecule has 1 saturated heterocycles. The van der Waals surface area contributed by atoms with Gasteiger partial charge in [-0.25, -0.2) is 4.98 Å². The summed E-state index contributed by atoms with van der Waals surface area (Å²) in [5, 5.41) is 13.0. The number of aromatic amines is 2. The van der Waals surface area contributed by atoms with Gasteiger partial charge < -0.3 is 19.5 Å². The fourth-order valence-corrected chi connectivity index (χ4v) is 4.83. The molecule has 7 rings (SSSR count). The summed E-state index contributed by atoms with van der Waals surface area (Å²) in [6, 6.07) is 10.1. The Morgan fingerprint density at radius 1 is 0.944 bits per heavy atom. The lowest BCUT2D eigenvalue weighted by Gasteiger charge is -2.23. The van der Waals surface area contributed by atoms with E-state index in [9.17, 15) is 0 Å². The lowest BCUT2D eigenvalue weighted by atomic mass is 10.1. The topological polar surface area (TPSA) is 118 Å². The SMILES string of the molecule is c1cc(-c2ccoc2)c2cc(-c3n[nH]c4cnc(-c5cncc(OC6CCNCC6)c5)cc34)[nH]c2n1. The fraction of sp³-hybridized carbons (Fsp3) is 0.185. The van der Waals surface area contributed by atoms with Crippen LogP contribution in [0, 0.1) is 0 Å². The predicted molar refractivity (Wildman–Crippen MR) is 136 cm³/mol. The number of H-pyrrole nitrogens is 2. The zero-order valence-corrected chi connectivity index (χ0v) is 19.4. The van der Waals surface area contributed by atoms with Crippen molar-refractivity contribution in [2.24, 2.45) is 0 Å². The number of aromatic nitrogens is 6. The van der Waals surface area contributed by atoms with E-state index in [2.05, 4.69) is 41.5 Å². The summed E-state index contributed by atoms with van der Waals surface area (Å²) in [7, 11) is 0. The molecule has 0 spiro atoms. The number of hydrogen-bond acceptors (Lipinski definition) is 7. The van der Waals surface area contributed by atoms with Gasteiger partial charge in [-0.1, -0.05) is 0 Å². The molecule has 0 atom stereocenters. The molecule has 36 heavy (non-hydrogen) atoms. The molecular weight excluding hydrogens is 454 g/mol. The minimum Gasteiger partial charge on any atom is -0.489 e. The van der Waals surface area contributed by atoms with Gasteiger partial charge in [0, 0.05) is 34.3 Å². The predicted octanol–water partition coefficient (Wildman–Crippen LogP) is 4.95. The van der Waals surface area contributed by atoms with Crippen LogP contribution in [0.2, 0.25) is 0 Å². The van der Waals surface area contributed by atoms with Gasteiger partial charge in [0.25, 0.3) is 0 Å². The van der Waals surface area contributed by atoms with Crippen molar-refractivity contribution in [2.45, 2.75) is 18.9 Å². The summed E-state index contributed by atoms with van der Waals surface area (Å²) in [5.41, 5.74) is 7.09. The number of ether oxygens (including phenoxy) is 1. The lowest BCUT2D eigenvalue weighted by molar-refractivity contribution is 0.162. The minimum atomic E-state index is 0.210. The third-order valence-corrected chi connectivity index (χ3v) is 6.66. The van der Waals surface area contributed by atoms with E-state index in [0.717, 1.165) is 87.4 Å². The van der Waals surface area contributed by atoms with Crippen molar-refractivity contribution in [3.63, 3.8) is 0 Å². The van der Waals surface area contributed by atoms with E-state index in [1.165, 1.54) is 0 Å². The highest BCUT2D eigenvalue weighted by Gasteiger charge is 2.17. The summed E-state index contributed by atoms with van der Waals surface area (Å²) in [6.07, 6.45) is 12.8. The molecule has 9 nitrogen and oxygen atoms in total. The van der Waals surface area contributed by atoms with Gasteiger partial charge in [-0.15, -0.1) is 0 Å². The van der Waals surface area contributed by atoms with E-state index >= 15 is 0 Å². The Labute approximate surface area is 206 Å². The molecule has 7 heterocycles. The van der Waals surface area contributed by atoms with Gasteiger partial charge >= 0.3 is 0 Å². The normalized spacial score (nSPS) is 14.6. The zero-order chi connectivity index (χ0) is 23.9. The number of rotatable bonds is 5. The number of furan rings is 1. The second-order valence-electron chi connectivity index (χ2n) is 8.98. The van der Waals surface area contributed by atoms with Crippen molar-refractivity contribution in [2.75, 3.05) is 13.1 Å². The number of nitrogens with one attached hydrogen (secondary N) is 3. The van der Waals surface area contributed by atoms with Crippen molar-refractivity contribution in [1.82, 2.24) is 35.5 Å². The van der Waals surface area contributed by atoms with Crippen molar-refractivity contribution in [3.8, 4) is 39.5 Å². The molecule has 0 amide bonds. The van der Waals surface area contributed by atoms with E-state index in [-0.39, 0.29) is 6.10 Å². The molecule has 0 unspecified atom stereocenters.